The number of amides is 1. The van der Waals surface area contributed by atoms with E-state index in [4.69, 9.17) is 22.1 Å². The Balaban J connectivity index is 2.02. The first-order valence-electron chi connectivity index (χ1n) is 9.28. The molecule has 10 heteroatoms. The molecule has 0 aromatic carbocycles. The molecular weight excluding hydrogens is 424 g/mol. The number of rotatable bonds is 9. The van der Waals surface area contributed by atoms with E-state index in [1.807, 2.05) is 13.0 Å². The molecule has 158 valence electrons. The van der Waals surface area contributed by atoms with Crippen molar-refractivity contribution in [1.82, 2.24) is 14.3 Å². The van der Waals surface area contributed by atoms with Gasteiger partial charge >= 0.3 is 0 Å². The van der Waals surface area contributed by atoms with Gasteiger partial charge < -0.3 is 15.2 Å². The number of nitrogens with zero attached hydrogens (tertiary/aromatic N) is 3. The summed E-state index contributed by atoms with van der Waals surface area (Å²) in [5.74, 6) is 0.0845. The summed E-state index contributed by atoms with van der Waals surface area (Å²) in [7, 11) is 0. The second kappa shape index (κ2) is 9.98. The molecule has 30 heavy (non-hydrogen) atoms. The van der Waals surface area contributed by atoms with Crippen LogP contribution in [0.5, 0.6) is 0 Å². The fourth-order valence-electron chi connectivity index (χ4n) is 2.85. The van der Waals surface area contributed by atoms with E-state index in [9.17, 15) is 9.59 Å². The van der Waals surface area contributed by atoms with Crippen molar-refractivity contribution in [2.24, 2.45) is 0 Å². The number of aromatic nitrogens is 2. The minimum absolute atomic E-state index is 0.0628. The third-order valence-electron chi connectivity index (χ3n) is 4.24. The van der Waals surface area contributed by atoms with Crippen molar-refractivity contribution in [2.45, 2.75) is 6.92 Å². The lowest BCUT2D eigenvalue weighted by atomic mass is 10.2. The number of carbonyl (C=O) groups excluding carboxylic acids is 1. The number of anilines is 1. The average Bonchev–Trinajstić information content (AvgIpc) is 2.98. The zero-order valence-electron chi connectivity index (χ0n) is 16.5. The van der Waals surface area contributed by atoms with Crippen LogP contribution in [0.2, 0.25) is 0 Å². The molecule has 0 bridgehead atoms. The van der Waals surface area contributed by atoms with Gasteiger partial charge in [-0.1, -0.05) is 36.1 Å². The molecule has 0 atom stereocenters. The van der Waals surface area contributed by atoms with Crippen LogP contribution >= 0.6 is 24.0 Å². The summed E-state index contributed by atoms with van der Waals surface area (Å²) in [5.41, 5.74) is 1.37. The third kappa shape index (κ3) is 4.78. The largest absolute Gasteiger partial charge is 0.394 e. The maximum atomic E-state index is 13.2. The fourth-order valence-corrected chi connectivity index (χ4v) is 4.11. The first-order chi connectivity index (χ1) is 14.5. The van der Waals surface area contributed by atoms with E-state index >= 15 is 0 Å². The number of carbonyl (C=O) groups is 1. The number of aliphatic hydroxyl groups excluding tert-OH is 1. The van der Waals surface area contributed by atoms with Crippen molar-refractivity contribution in [2.75, 3.05) is 38.2 Å². The molecule has 0 saturated carbocycles. The Hall–Kier alpha value is -2.53. The second-order valence-corrected chi connectivity index (χ2v) is 8.13. The van der Waals surface area contributed by atoms with E-state index in [1.165, 1.54) is 15.4 Å². The molecular formula is C20H22N4O4S2. The van der Waals surface area contributed by atoms with Gasteiger partial charge in [0.1, 0.15) is 15.8 Å². The summed E-state index contributed by atoms with van der Waals surface area (Å²) in [4.78, 5) is 32.2. The van der Waals surface area contributed by atoms with Gasteiger partial charge in [-0.2, -0.15) is 0 Å². The number of thiocarbonyl (C=S) groups is 1. The smallest absolute Gasteiger partial charge is 0.267 e. The quantitative estimate of drug-likeness (QED) is 0.261. The first-order valence-corrected chi connectivity index (χ1v) is 10.5. The van der Waals surface area contributed by atoms with E-state index in [0.29, 0.717) is 40.4 Å². The van der Waals surface area contributed by atoms with Crippen LogP contribution < -0.4 is 10.9 Å². The summed E-state index contributed by atoms with van der Waals surface area (Å²) in [6.07, 6.45) is 4.84. The third-order valence-corrected chi connectivity index (χ3v) is 5.62. The van der Waals surface area contributed by atoms with Crippen molar-refractivity contribution < 1.29 is 14.6 Å². The van der Waals surface area contributed by atoms with Crippen LogP contribution in [0.1, 0.15) is 11.1 Å². The summed E-state index contributed by atoms with van der Waals surface area (Å²) in [6, 6.07) is 3.63. The van der Waals surface area contributed by atoms with Gasteiger partial charge in [0, 0.05) is 19.3 Å². The minimum atomic E-state index is -0.295. The molecule has 2 aromatic rings. The molecule has 3 rings (SSSR count). The zero-order chi connectivity index (χ0) is 21.7. The number of aliphatic hydroxyl groups is 1. The highest BCUT2D eigenvalue weighted by molar-refractivity contribution is 8.26. The Morgan fingerprint density at radius 2 is 2.17 bits per heavy atom. The van der Waals surface area contributed by atoms with Gasteiger partial charge in [-0.05, 0) is 24.6 Å². The van der Waals surface area contributed by atoms with Gasteiger partial charge in [0.25, 0.3) is 11.5 Å². The Labute approximate surface area is 183 Å². The number of ether oxygens (including phenoxy) is 1. The molecule has 1 aliphatic rings. The highest BCUT2D eigenvalue weighted by atomic mass is 32.2. The minimum Gasteiger partial charge on any atom is -0.394 e. The lowest BCUT2D eigenvalue weighted by molar-refractivity contribution is -0.121. The fraction of sp³-hybridized carbons (Fsp3) is 0.300. The lowest BCUT2D eigenvalue weighted by Crippen LogP contribution is -2.28. The molecule has 2 N–H and O–H groups in total. The van der Waals surface area contributed by atoms with E-state index in [1.54, 1.807) is 18.3 Å². The number of hydrogen-bond donors (Lipinski definition) is 2. The van der Waals surface area contributed by atoms with E-state index in [-0.39, 0.29) is 30.2 Å². The zero-order valence-corrected chi connectivity index (χ0v) is 18.1. The number of pyridine rings is 1. The van der Waals surface area contributed by atoms with Crippen LogP contribution in [-0.4, -0.2) is 62.5 Å². The Bertz CT molecular complexity index is 1080. The molecule has 1 amide bonds. The van der Waals surface area contributed by atoms with Gasteiger partial charge in [0.2, 0.25) is 0 Å². The van der Waals surface area contributed by atoms with E-state index < -0.39 is 0 Å². The predicted octanol–water partition coefficient (Wildman–Crippen LogP) is 1.81. The number of nitrogens with one attached hydrogen (secondary N) is 1. The SMILES string of the molecule is C=CCN1C(=O)C(=Cc2c(NCCOCCO)nc3ccc(C)cn3c2=O)SC1=S. The van der Waals surface area contributed by atoms with Crippen LogP contribution in [0.15, 0.2) is 40.7 Å². The molecule has 0 spiro atoms. The predicted molar refractivity (Wildman–Crippen MR) is 123 cm³/mol. The van der Waals surface area contributed by atoms with Crippen molar-refractivity contribution in [3.63, 3.8) is 0 Å². The maximum absolute atomic E-state index is 13.2. The maximum Gasteiger partial charge on any atom is 0.267 e. The first kappa shape index (κ1) is 22.2. The molecule has 1 saturated heterocycles. The Morgan fingerprint density at radius 3 is 2.90 bits per heavy atom. The lowest BCUT2D eigenvalue weighted by Gasteiger charge is -2.12. The highest BCUT2D eigenvalue weighted by Gasteiger charge is 2.31. The van der Waals surface area contributed by atoms with Gasteiger partial charge in [0.15, 0.2) is 0 Å². The number of thioether (sulfide) groups is 1. The standard InChI is InChI=1S/C20H22N4O4S2/c1-3-7-23-19(27)15(30-20(23)29)11-14-17(21-6-9-28-10-8-25)22-16-5-4-13(2)12-24(16)18(14)26/h3-5,11-12,21,25H,1,6-10H2,2H3. The van der Waals surface area contributed by atoms with Crippen LogP contribution in [0.4, 0.5) is 5.82 Å². The average molecular weight is 447 g/mol. The van der Waals surface area contributed by atoms with Gasteiger partial charge in [0.05, 0.1) is 30.3 Å². The molecule has 8 nitrogen and oxygen atoms in total. The van der Waals surface area contributed by atoms with Crippen LogP contribution in [0.25, 0.3) is 11.7 Å². The molecule has 1 fully saturated rings. The Morgan fingerprint density at radius 1 is 1.37 bits per heavy atom. The highest BCUT2D eigenvalue weighted by Crippen LogP contribution is 2.32. The number of fused-ring (bicyclic) bond motifs is 1. The van der Waals surface area contributed by atoms with Crippen molar-refractivity contribution in [3.05, 3.63) is 57.4 Å². The van der Waals surface area contributed by atoms with Crippen LogP contribution in [0.3, 0.4) is 0 Å². The molecule has 0 radical (unpaired) electrons. The molecule has 2 aromatic heterocycles. The monoisotopic (exact) mass is 446 g/mol. The summed E-state index contributed by atoms with van der Waals surface area (Å²) >= 11 is 6.42. The number of hydrogen-bond acceptors (Lipinski definition) is 8. The van der Waals surface area contributed by atoms with Crippen molar-refractivity contribution >= 4 is 51.7 Å². The topological polar surface area (TPSA) is 96.2 Å². The van der Waals surface area contributed by atoms with Gasteiger partial charge in [-0.25, -0.2) is 4.98 Å². The van der Waals surface area contributed by atoms with Gasteiger partial charge in [-0.15, -0.1) is 6.58 Å². The summed E-state index contributed by atoms with van der Waals surface area (Å²) < 4.78 is 7.13. The van der Waals surface area contributed by atoms with E-state index in [0.717, 1.165) is 17.3 Å². The van der Waals surface area contributed by atoms with Gasteiger partial charge in [-0.3, -0.25) is 18.9 Å². The van der Waals surface area contributed by atoms with E-state index in [2.05, 4.69) is 16.9 Å². The van der Waals surface area contributed by atoms with Crippen LogP contribution in [-0.2, 0) is 9.53 Å². The molecule has 3 heterocycles. The van der Waals surface area contributed by atoms with Crippen molar-refractivity contribution in [1.29, 1.82) is 0 Å². The number of aryl methyl sites for hydroxylation is 1. The van der Waals surface area contributed by atoms with Crippen molar-refractivity contribution in [3.8, 4) is 0 Å². The second-order valence-electron chi connectivity index (χ2n) is 6.46. The normalized spacial score (nSPS) is 15.4. The molecule has 0 aliphatic carbocycles. The molecule has 0 unspecified atom stereocenters. The Kier molecular flexibility index (Phi) is 7.38. The summed E-state index contributed by atoms with van der Waals surface area (Å²) in [6.45, 7) is 6.72. The van der Waals surface area contributed by atoms with Crippen LogP contribution in [0, 0.1) is 6.92 Å². The summed E-state index contributed by atoms with van der Waals surface area (Å²) in [5, 5.41) is 11.9. The molecule has 1 aliphatic heterocycles.